The Morgan fingerprint density at radius 1 is 0.352 bits per heavy atom. The number of hydrogen-bond acceptors (Lipinski definition) is 48. The van der Waals surface area contributed by atoms with E-state index in [1.807, 2.05) is 45.7 Å². The smallest absolute Gasteiger partial charge is 0.747 e. The second kappa shape index (κ2) is 76.6. The van der Waals surface area contributed by atoms with Crippen molar-refractivity contribution in [2.24, 2.45) is 17.8 Å². The average molecular weight is 2330 g/mol. The minimum atomic E-state index is -5.70. The van der Waals surface area contributed by atoms with Crippen molar-refractivity contribution >= 4 is 166 Å². The number of hydrogen-bond donors (Lipinski definition) is 13. The molecule has 0 bridgehead atoms. The number of amides is 11. The minimum Gasteiger partial charge on any atom is -0.747 e. The Labute approximate surface area is 1050 Å². The van der Waals surface area contributed by atoms with Gasteiger partial charge in [-0.05, 0) is 89.4 Å². The third-order valence-electron chi connectivity index (χ3n) is 18.5. The fourth-order valence-electron chi connectivity index (χ4n) is 12.6. The standard InChI is InChI=1S/C63H120N16O43S10.10Na/c1-9-40(6)12-10-11-13-51(82)65-44(15-21-75(28-123(93,94)95)29-124(96,97)98)58(87)74-53(42(8)81)63(92)70-47(18-24-78(34-129(111,112)113)35-130(114,115)116)56(85)66-43-14-20-64-62(91)52(41(7)80)73-59(88)48(19-25-79(36-131(117,118)119)37-132(120,121)122)68-55(84)45(16-22-76(30-125(99,100)101)31-126(102,103)104)69-60(89)49(26-38(2)3)72-61(90)50(27-39(4)5)71-57(86)46(67-54(43)83)17-23-77(32-127(105,106)107)33-128(108,109)110;;;;;;;;;;/h38-50,52-53,80-81H,9-37H2,1-8H3,(H,64,91)(H,65,82)(H,66,85)(H,67,83)(H,68,84)(H,69,89)(H,70,92)(H,71,86)(H,72,90)(H,73,88)(H,74,87)(H,93,94,95)(H,96,97,98)(H,99,100,101)(H,102,103,104)(H,105,106,107)(H,108,109,110)(H,111,112,113)(H,114,115,116)(H,117,118,119)(H,120,121,122);;;;;;;;;;/q;10*+1/p-10/t40-,41+,42+,43-,44-,45-,46-,47-,48-,49-,50+,52-,53-;;;;;;;;;;/m0........../s1. The molecule has 1 aliphatic heterocycles. The Morgan fingerprint density at radius 3 is 0.908 bits per heavy atom. The second-order valence-corrected chi connectivity index (χ2v) is 45.6. The van der Waals surface area contributed by atoms with Crippen molar-refractivity contribution in [3.05, 3.63) is 0 Å². The molecule has 142 heavy (non-hydrogen) atoms. The minimum absolute atomic E-state index is 0. The van der Waals surface area contributed by atoms with Crippen LogP contribution in [0.2, 0.25) is 0 Å². The summed E-state index contributed by atoms with van der Waals surface area (Å²) >= 11 is 0. The molecule has 0 aromatic heterocycles. The molecule has 0 unspecified atom stereocenters. The Balaban J connectivity index is -0.00000218. The predicted molar refractivity (Wildman–Crippen MR) is 439 cm³/mol. The van der Waals surface area contributed by atoms with E-state index < -0.39 is 400 Å². The van der Waals surface area contributed by atoms with E-state index in [-0.39, 0.29) is 339 Å². The van der Waals surface area contributed by atoms with Gasteiger partial charge in [0.2, 0.25) is 65.0 Å². The topological polar surface area (TPSA) is 949 Å². The van der Waals surface area contributed by atoms with Crippen molar-refractivity contribution in [1.29, 1.82) is 0 Å². The van der Waals surface area contributed by atoms with E-state index in [9.17, 15) is 178 Å². The first-order valence-corrected chi connectivity index (χ1v) is 55.2. The summed E-state index contributed by atoms with van der Waals surface area (Å²) in [4.78, 5) is 162. The summed E-state index contributed by atoms with van der Waals surface area (Å²) in [5.41, 5.74) is 0. The van der Waals surface area contributed by atoms with Crippen LogP contribution in [0.1, 0.15) is 139 Å². The summed E-state index contributed by atoms with van der Waals surface area (Å²) in [5.74, 6) is -37.8. The van der Waals surface area contributed by atoms with Crippen molar-refractivity contribution in [1.82, 2.24) is 83.0 Å². The molecule has 1 saturated heterocycles. The Hall–Kier alpha value is 2.99. The van der Waals surface area contributed by atoms with Crippen molar-refractivity contribution in [2.75, 3.05) is 98.0 Å². The van der Waals surface area contributed by atoms with Gasteiger partial charge in [0.15, 0.2) is 0 Å². The fraction of sp³-hybridized carbons (Fsp3) is 0.825. The van der Waals surface area contributed by atoms with Gasteiger partial charge >= 0.3 is 296 Å². The fourth-order valence-corrected chi connectivity index (χ4v) is 19.8. The van der Waals surface area contributed by atoms with Crippen LogP contribution in [-0.4, -0.2) is 400 Å². The number of nitrogens with one attached hydrogen (secondary N) is 11. The van der Waals surface area contributed by atoms with E-state index in [0.29, 0.717) is 19.3 Å². The summed E-state index contributed by atoms with van der Waals surface area (Å²) in [5, 5.41) is 45.1. The van der Waals surface area contributed by atoms with Crippen LogP contribution in [0, 0.1) is 17.8 Å². The molecule has 11 amide bonds. The van der Waals surface area contributed by atoms with E-state index in [4.69, 9.17) is 0 Å². The Bertz CT molecular complexity index is 5040. The molecule has 13 N–H and O–H groups in total. The number of carbonyl (C=O) groups excluding carboxylic acids is 11. The molecule has 0 aliphatic carbocycles. The van der Waals surface area contributed by atoms with Gasteiger partial charge in [-0.25, -0.2) is 84.2 Å². The summed E-state index contributed by atoms with van der Waals surface area (Å²) < 4.78 is 362. The molecule has 1 aliphatic rings. The van der Waals surface area contributed by atoms with Crippen LogP contribution in [0.3, 0.4) is 0 Å². The summed E-state index contributed by atoms with van der Waals surface area (Å²) in [6.07, 6.45) is -11.5. The van der Waals surface area contributed by atoms with Gasteiger partial charge in [-0.2, -0.15) is 0 Å². The number of rotatable bonds is 54. The van der Waals surface area contributed by atoms with E-state index >= 15 is 14.4 Å². The zero-order chi connectivity index (χ0) is 102. The van der Waals surface area contributed by atoms with Crippen molar-refractivity contribution in [3.63, 3.8) is 0 Å². The first kappa shape index (κ1) is 165. The van der Waals surface area contributed by atoms with Crippen LogP contribution >= 0.6 is 0 Å². The number of unbranched alkanes of at least 4 members (excludes halogenated alkanes) is 1. The van der Waals surface area contributed by atoms with Gasteiger partial charge < -0.3 is 114 Å². The largest absolute Gasteiger partial charge is 1.00 e. The zero-order valence-corrected chi connectivity index (χ0v) is 110. The van der Waals surface area contributed by atoms with Crippen LogP contribution in [0.15, 0.2) is 0 Å². The van der Waals surface area contributed by atoms with Crippen LogP contribution in [0.25, 0.3) is 0 Å². The number of carbonyl (C=O) groups is 11. The number of aliphatic hydroxyl groups excluding tert-OH is 2. The number of aliphatic hydroxyl groups is 2. The van der Waals surface area contributed by atoms with E-state index in [1.165, 1.54) is 27.7 Å². The maximum absolute atomic E-state index is 15.3. The molecule has 79 heteroatoms. The summed E-state index contributed by atoms with van der Waals surface area (Å²) in [6.45, 7) is 3.44. The van der Waals surface area contributed by atoms with Crippen LogP contribution in [0.5, 0.6) is 0 Å². The summed E-state index contributed by atoms with van der Waals surface area (Å²) in [6, 6.07) is -23.9. The normalized spacial score (nSPS) is 19.1. The van der Waals surface area contributed by atoms with Gasteiger partial charge in [0.05, 0.1) is 71.0 Å². The van der Waals surface area contributed by atoms with E-state index in [1.54, 1.807) is 0 Å². The molecule has 770 valence electrons. The SMILES string of the molecule is CC[C@H](C)CCCCC(=O)N[C@@H](CCN(CS(=O)(=O)[O-])CS(=O)(=O)[O-])C(=O)N[C@H](C(=O)N[C@@H](CCN(CS(=O)(=O)[O-])CS(=O)(=O)[O-])C(=O)N[C@H]1CCNC(=O)[C@H]([C@@H](C)O)NC(=O)[C@H](CCN(CS(=O)(=O)[O-])CS(=O)(=O)[O-])NC(=O)[C@H](CCN(CS(=O)(=O)[O-])CS(=O)(=O)[O-])NC(=O)[C@H](CC(C)C)NC(=O)[C@@H](CC(C)C)NC(=O)[C@H](CCN(CS(=O)(=O)[O-])CS(=O)(=O)[O-])NC1=O)[C@@H](C)O.[Na+].[Na+].[Na+].[Na+].[Na+].[Na+].[Na+].[Na+].[Na+].[Na+]. The van der Waals surface area contributed by atoms with Crippen molar-refractivity contribution in [3.8, 4) is 0 Å². The molecular formula is C63H110N16Na10O43S10. The molecule has 1 fully saturated rings. The summed E-state index contributed by atoms with van der Waals surface area (Å²) in [7, 11) is -56.0. The predicted octanol–water partition coefficient (Wildman–Crippen LogP) is -43.7. The van der Waals surface area contributed by atoms with Crippen LogP contribution in [0.4, 0.5) is 0 Å². The van der Waals surface area contributed by atoms with Gasteiger partial charge in [0, 0.05) is 45.7 Å². The molecule has 0 spiro atoms. The third-order valence-corrected chi connectivity index (χ3v) is 25.3. The third kappa shape index (κ3) is 80.7. The molecule has 1 rings (SSSR count). The van der Waals surface area contributed by atoms with Crippen molar-refractivity contribution in [2.45, 2.75) is 211 Å². The van der Waals surface area contributed by atoms with Gasteiger partial charge in [0.1, 0.15) is 162 Å². The molecular weight excluding hydrogens is 2220 g/mol. The van der Waals surface area contributed by atoms with E-state index in [0.717, 1.165) is 13.8 Å². The molecule has 0 aromatic carbocycles. The second-order valence-electron chi connectivity index (χ2n) is 31.9. The van der Waals surface area contributed by atoms with E-state index in [2.05, 4.69) is 26.6 Å². The molecule has 1 heterocycles. The number of nitrogens with zero attached hydrogens (tertiary/aromatic N) is 5. The quantitative estimate of drug-likeness (QED) is 0.0153. The first-order valence-electron chi connectivity index (χ1n) is 39.4. The maximum Gasteiger partial charge on any atom is 1.00 e. The Kier molecular flexibility index (Phi) is 89.0. The van der Waals surface area contributed by atoms with Gasteiger partial charge in [-0.3, -0.25) is 77.2 Å². The Morgan fingerprint density at radius 2 is 0.627 bits per heavy atom. The van der Waals surface area contributed by atoms with Crippen LogP contribution < -0.4 is 354 Å². The molecule has 0 aromatic rings. The average Bonchev–Trinajstić information content (AvgIpc) is 0.895. The monoisotopic (exact) mass is 2330 g/mol. The first-order chi connectivity index (χ1) is 59.8. The van der Waals surface area contributed by atoms with Gasteiger partial charge in [-0.15, -0.1) is 0 Å². The van der Waals surface area contributed by atoms with Crippen LogP contribution in [-0.2, 0) is 154 Å². The molecule has 0 saturated carbocycles. The molecule has 0 radical (unpaired) electrons. The maximum atomic E-state index is 15.3. The van der Waals surface area contributed by atoms with Gasteiger partial charge in [-0.1, -0.05) is 60.8 Å². The van der Waals surface area contributed by atoms with Gasteiger partial charge in [0.25, 0.3) is 0 Å². The molecule has 13 atom stereocenters. The van der Waals surface area contributed by atoms with Crippen molar-refractivity contribution < 1.29 is 488 Å². The molecule has 59 nitrogen and oxygen atoms in total. The zero-order valence-electron chi connectivity index (χ0n) is 82.1.